The van der Waals surface area contributed by atoms with Crippen molar-refractivity contribution in [3.63, 3.8) is 0 Å². The minimum Gasteiger partial charge on any atom is -0.338 e. The van der Waals surface area contributed by atoms with Crippen LogP contribution in [0.5, 0.6) is 0 Å². The van der Waals surface area contributed by atoms with Crippen LogP contribution < -0.4 is 11.1 Å². The Kier molecular flexibility index (Phi) is 5.65. The first kappa shape index (κ1) is 18.9. The predicted octanol–water partition coefficient (Wildman–Crippen LogP) is 3.23. The van der Waals surface area contributed by atoms with Crippen LogP contribution in [0.2, 0.25) is 0 Å². The summed E-state index contributed by atoms with van der Waals surface area (Å²) < 4.78 is 0. The van der Waals surface area contributed by atoms with Gasteiger partial charge in [0, 0.05) is 30.4 Å². The highest BCUT2D eigenvalue weighted by Gasteiger charge is 2.42. The Morgan fingerprint density at radius 1 is 1.15 bits per heavy atom. The van der Waals surface area contributed by atoms with Gasteiger partial charge in [-0.25, -0.2) is 0 Å². The summed E-state index contributed by atoms with van der Waals surface area (Å²) in [5.74, 6) is 0.849. The molecular weight excluding hydrogens is 370 g/mol. The van der Waals surface area contributed by atoms with Crippen LogP contribution in [0.3, 0.4) is 0 Å². The molecule has 1 saturated heterocycles. The largest absolute Gasteiger partial charge is 0.338 e. The summed E-state index contributed by atoms with van der Waals surface area (Å²) in [7, 11) is 0. The molecule has 1 aromatic heterocycles. The van der Waals surface area contributed by atoms with Crippen LogP contribution in [-0.4, -0.2) is 35.8 Å². The number of nitrogens with zero attached hydrogens (tertiary/aromatic N) is 1. The number of thiophene rings is 1. The minimum atomic E-state index is -0.152. The van der Waals surface area contributed by atoms with Crippen molar-refractivity contribution in [2.45, 2.75) is 18.9 Å². The number of nitrogens with one attached hydrogen (secondary N) is 1. The van der Waals surface area contributed by atoms with E-state index >= 15 is 0 Å². The third kappa shape index (κ3) is 3.63. The second-order valence-corrected chi connectivity index (χ2v) is 7.84. The zero-order chi connectivity index (χ0) is 17.4. The molecule has 0 radical (unpaired) electrons. The van der Waals surface area contributed by atoms with Crippen LogP contribution in [0.15, 0.2) is 41.8 Å². The second-order valence-electron chi connectivity index (χ2n) is 6.89. The van der Waals surface area contributed by atoms with Crippen LogP contribution in [0.1, 0.15) is 32.9 Å². The van der Waals surface area contributed by atoms with Crippen molar-refractivity contribution < 1.29 is 9.59 Å². The number of nitrogens with two attached hydrogens (primary N) is 1. The topological polar surface area (TPSA) is 75.4 Å². The number of fused-ring (bicyclic) bond motifs is 1. The first-order chi connectivity index (χ1) is 12.1. The monoisotopic (exact) mass is 391 g/mol. The molecule has 3 atom stereocenters. The molecule has 2 amide bonds. The van der Waals surface area contributed by atoms with Gasteiger partial charge in [0.2, 0.25) is 0 Å². The fourth-order valence-corrected chi connectivity index (χ4v) is 4.61. The van der Waals surface area contributed by atoms with Gasteiger partial charge in [-0.15, -0.1) is 23.7 Å². The van der Waals surface area contributed by atoms with Crippen molar-refractivity contribution in [1.82, 2.24) is 4.90 Å². The number of likely N-dealkylation sites (tertiary alicyclic amines) is 1. The zero-order valence-electron chi connectivity index (χ0n) is 14.3. The van der Waals surface area contributed by atoms with Crippen molar-refractivity contribution in [1.29, 1.82) is 0 Å². The maximum Gasteiger partial charge on any atom is 0.265 e. The van der Waals surface area contributed by atoms with E-state index in [0.29, 0.717) is 28.0 Å². The van der Waals surface area contributed by atoms with Crippen LogP contribution >= 0.6 is 23.7 Å². The molecule has 3 N–H and O–H groups in total. The molecule has 2 aromatic rings. The lowest BCUT2D eigenvalue weighted by Crippen LogP contribution is -2.33. The average molecular weight is 392 g/mol. The molecule has 1 aromatic carbocycles. The fraction of sp³-hybridized carbons (Fsp3) is 0.368. The maximum absolute atomic E-state index is 12.8. The minimum absolute atomic E-state index is 0. The van der Waals surface area contributed by atoms with Crippen LogP contribution in [0.4, 0.5) is 5.69 Å². The van der Waals surface area contributed by atoms with E-state index in [-0.39, 0.29) is 30.3 Å². The molecule has 2 heterocycles. The average Bonchev–Trinajstić information content (AvgIpc) is 3.33. The summed E-state index contributed by atoms with van der Waals surface area (Å²) in [5.41, 5.74) is 7.41. The molecule has 0 bridgehead atoms. The molecule has 2 aliphatic rings. The number of anilines is 1. The molecule has 1 saturated carbocycles. The third-order valence-electron chi connectivity index (χ3n) is 5.31. The van der Waals surface area contributed by atoms with Crippen molar-refractivity contribution in [2.24, 2.45) is 17.6 Å². The Bertz CT molecular complexity index is 796. The molecule has 1 aliphatic carbocycles. The quantitative estimate of drug-likeness (QED) is 0.843. The standard InChI is InChI=1S/C19H21N3O2S.ClH/c20-16-7-6-13-10-22(11-15(13)16)19(24)12-3-1-4-14(9-12)21-18(23)17-5-2-8-25-17;/h1-5,8-9,13,15-16H,6-7,10-11,20H2,(H,21,23);1H. The van der Waals surface area contributed by atoms with E-state index in [9.17, 15) is 9.59 Å². The predicted molar refractivity (Wildman–Crippen MR) is 106 cm³/mol. The number of carbonyl (C=O) groups is 2. The van der Waals surface area contributed by atoms with Gasteiger partial charge in [0.1, 0.15) is 0 Å². The summed E-state index contributed by atoms with van der Waals surface area (Å²) in [6, 6.07) is 11.0. The molecular formula is C19H22ClN3O2S. The molecule has 2 fully saturated rings. The molecule has 1 aliphatic heterocycles. The molecule has 4 rings (SSSR count). The first-order valence-electron chi connectivity index (χ1n) is 8.61. The first-order valence-corrected chi connectivity index (χ1v) is 9.49. The van der Waals surface area contributed by atoms with Gasteiger partial charge in [0.15, 0.2) is 0 Å². The highest BCUT2D eigenvalue weighted by atomic mass is 35.5. The number of halogens is 1. The van der Waals surface area contributed by atoms with Gasteiger partial charge < -0.3 is 16.0 Å². The van der Waals surface area contributed by atoms with Crippen molar-refractivity contribution in [3.8, 4) is 0 Å². The molecule has 0 spiro atoms. The normalized spacial score (nSPS) is 24.0. The molecule has 26 heavy (non-hydrogen) atoms. The Labute approximate surface area is 163 Å². The van der Waals surface area contributed by atoms with E-state index in [2.05, 4.69) is 5.32 Å². The number of carbonyl (C=O) groups excluding carboxylic acids is 2. The maximum atomic E-state index is 12.8. The van der Waals surface area contributed by atoms with E-state index in [1.807, 2.05) is 16.3 Å². The van der Waals surface area contributed by atoms with Crippen LogP contribution in [-0.2, 0) is 0 Å². The summed E-state index contributed by atoms with van der Waals surface area (Å²) in [6.07, 6.45) is 2.19. The number of rotatable bonds is 3. The second kappa shape index (κ2) is 7.78. The van der Waals surface area contributed by atoms with Crippen LogP contribution in [0, 0.1) is 11.8 Å². The number of amides is 2. The summed E-state index contributed by atoms with van der Waals surface area (Å²) in [6.45, 7) is 1.54. The third-order valence-corrected chi connectivity index (χ3v) is 6.18. The van der Waals surface area contributed by atoms with Gasteiger partial charge in [-0.05, 0) is 54.3 Å². The Hall–Kier alpha value is -1.89. The van der Waals surface area contributed by atoms with E-state index in [1.54, 1.807) is 30.3 Å². The van der Waals surface area contributed by atoms with Gasteiger partial charge in [0.25, 0.3) is 11.8 Å². The summed E-state index contributed by atoms with van der Waals surface area (Å²) in [5, 5.41) is 4.72. The molecule has 7 heteroatoms. The van der Waals surface area contributed by atoms with Crippen molar-refractivity contribution >= 4 is 41.2 Å². The van der Waals surface area contributed by atoms with E-state index in [1.165, 1.54) is 11.3 Å². The van der Waals surface area contributed by atoms with Gasteiger partial charge in [-0.1, -0.05) is 12.1 Å². The summed E-state index contributed by atoms with van der Waals surface area (Å²) >= 11 is 1.39. The molecule has 5 nitrogen and oxygen atoms in total. The smallest absolute Gasteiger partial charge is 0.265 e. The molecule has 3 unspecified atom stereocenters. The fourth-order valence-electron chi connectivity index (χ4n) is 3.99. The highest BCUT2D eigenvalue weighted by Crippen LogP contribution is 2.37. The van der Waals surface area contributed by atoms with Gasteiger partial charge >= 0.3 is 0 Å². The Morgan fingerprint density at radius 2 is 2.00 bits per heavy atom. The SMILES string of the molecule is Cl.NC1CCC2CN(C(=O)c3cccc(NC(=O)c4cccs4)c3)CC12. The Morgan fingerprint density at radius 3 is 2.73 bits per heavy atom. The lowest BCUT2D eigenvalue weighted by molar-refractivity contribution is 0.0779. The highest BCUT2D eigenvalue weighted by molar-refractivity contribution is 7.12. The van der Waals surface area contributed by atoms with Gasteiger partial charge in [-0.2, -0.15) is 0 Å². The van der Waals surface area contributed by atoms with Gasteiger partial charge in [0.05, 0.1) is 4.88 Å². The molecule has 138 valence electrons. The lowest BCUT2D eigenvalue weighted by Gasteiger charge is -2.19. The number of hydrogen-bond donors (Lipinski definition) is 2. The number of benzene rings is 1. The zero-order valence-corrected chi connectivity index (χ0v) is 15.9. The summed E-state index contributed by atoms with van der Waals surface area (Å²) in [4.78, 5) is 27.6. The number of hydrogen-bond acceptors (Lipinski definition) is 4. The van der Waals surface area contributed by atoms with E-state index in [4.69, 9.17) is 5.73 Å². The van der Waals surface area contributed by atoms with Crippen molar-refractivity contribution in [2.75, 3.05) is 18.4 Å². The van der Waals surface area contributed by atoms with E-state index in [0.717, 1.165) is 25.9 Å². The van der Waals surface area contributed by atoms with Gasteiger partial charge in [-0.3, -0.25) is 9.59 Å². The van der Waals surface area contributed by atoms with E-state index < -0.39 is 0 Å². The van der Waals surface area contributed by atoms with Crippen LogP contribution in [0.25, 0.3) is 0 Å². The lowest BCUT2D eigenvalue weighted by atomic mass is 9.98. The Balaban J connectivity index is 0.00000196. The van der Waals surface area contributed by atoms with Crippen molar-refractivity contribution in [3.05, 3.63) is 52.2 Å².